The van der Waals surface area contributed by atoms with Gasteiger partial charge in [-0.05, 0) is 81.0 Å². The maximum atomic E-state index is 13.8. The molecule has 0 aromatic heterocycles. The van der Waals surface area contributed by atoms with Gasteiger partial charge in [0, 0.05) is 36.8 Å². The van der Waals surface area contributed by atoms with E-state index in [1.165, 1.54) is 28.6 Å². The van der Waals surface area contributed by atoms with Gasteiger partial charge >= 0.3 is 5.97 Å². The molecule has 0 spiro atoms. The number of benzene rings is 2. The van der Waals surface area contributed by atoms with Crippen molar-refractivity contribution in [2.24, 2.45) is 5.92 Å². The maximum absolute atomic E-state index is 13.8. The minimum atomic E-state index is -4.06. The molecule has 2 aliphatic heterocycles. The number of likely N-dealkylation sites (tertiary alicyclic amines) is 1. The minimum Gasteiger partial charge on any atom is -0.466 e. The first kappa shape index (κ1) is 29.0. The van der Waals surface area contributed by atoms with Gasteiger partial charge in [-0.2, -0.15) is 4.31 Å². The Hall–Kier alpha value is -2.95. The van der Waals surface area contributed by atoms with Crippen LogP contribution in [0.3, 0.4) is 0 Å². The molecule has 1 N–H and O–H groups in total. The Morgan fingerprint density at radius 2 is 1.79 bits per heavy atom. The summed E-state index contributed by atoms with van der Waals surface area (Å²) in [4.78, 5) is 40.0. The summed E-state index contributed by atoms with van der Waals surface area (Å²) in [5.74, 6) is -0.950. The second-order valence-electron chi connectivity index (χ2n) is 9.83. The van der Waals surface area contributed by atoms with Crippen molar-refractivity contribution in [2.75, 3.05) is 26.2 Å². The number of ether oxygens (including phenoxy) is 1. The van der Waals surface area contributed by atoms with Gasteiger partial charge in [-0.25, -0.2) is 8.42 Å². The molecular formula is C28H34ClN3O6S. The van der Waals surface area contributed by atoms with Crippen LogP contribution in [-0.2, 0) is 30.9 Å². The van der Waals surface area contributed by atoms with Gasteiger partial charge in [0.15, 0.2) is 0 Å². The number of piperidine rings is 1. The van der Waals surface area contributed by atoms with Crippen LogP contribution in [0.1, 0.15) is 54.9 Å². The molecule has 1 unspecified atom stereocenters. The molecule has 9 nitrogen and oxygen atoms in total. The molecule has 2 aliphatic rings. The first-order valence-electron chi connectivity index (χ1n) is 13.3. The summed E-state index contributed by atoms with van der Waals surface area (Å²) >= 11 is 5.98. The largest absolute Gasteiger partial charge is 0.466 e. The third kappa shape index (κ3) is 6.98. The normalized spacial score (nSPS) is 18.9. The van der Waals surface area contributed by atoms with Crippen LogP contribution in [0.4, 0.5) is 0 Å². The number of rotatable bonds is 8. The van der Waals surface area contributed by atoms with Gasteiger partial charge in [0.2, 0.25) is 15.9 Å². The highest BCUT2D eigenvalue weighted by atomic mass is 35.5. The van der Waals surface area contributed by atoms with E-state index in [4.69, 9.17) is 16.3 Å². The highest BCUT2D eigenvalue weighted by molar-refractivity contribution is 7.89. The Labute approximate surface area is 234 Å². The van der Waals surface area contributed by atoms with E-state index in [1.807, 2.05) is 0 Å². The zero-order valence-electron chi connectivity index (χ0n) is 22.0. The van der Waals surface area contributed by atoms with E-state index in [0.717, 1.165) is 6.42 Å². The lowest BCUT2D eigenvalue weighted by Crippen LogP contribution is -2.48. The van der Waals surface area contributed by atoms with E-state index in [1.54, 1.807) is 36.1 Å². The Kier molecular flexibility index (Phi) is 9.63. The molecule has 2 heterocycles. The summed E-state index contributed by atoms with van der Waals surface area (Å²) in [6.45, 7) is 3.40. The number of hydrogen-bond donors (Lipinski definition) is 1. The lowest BCUT2D eigenvalue weighted by molar-refractivity contribution is -0.149. The van der Waals surface area contributed by atoms with Crippen molar-refractivity contribution in [3.05, 3.63) is 64.7 Å². The number of esters is 1. The van der Waals surface area contributed by atoms with Crippen LogP contribution in [-0.4, -0.2) is 67.7 Å². The number of carbonyl (C=O) groups excluding carboxylic acids is 3. The van der Waals surface area contributed by atoms with Crippen LogP contribution in [0, 0.1) is 5.92 Å². The second kappa shape index (κ2) is 12.9. The third-order valence-electron chi connectivity index (χ3n) is 7.19. The van der Waals surface area contributed by atoms with E-state index in [0.29, 0.717) is 68.1 Å². The molecule has 0 aliphatic carbocycles. The summed E-state index contributed by atoms with van der Waals surface area (Å²) < 4.78 is 33.9. The molecular weight excluding hydrogens is 542 g/mol. The topological polar surface area (TPSA) is 113 Å². The molecule has 2 aromatic carbocycles. The van der Waals surface area contributed by atoms with Crippen molar-refractivity contribution in [3.63, 3.8) is 0 Å². The van der Waals surface area contributed by atoms with Crippen LogP contribution in [0.2, 0.25) is 5.02 Å². The maximum Gasteiger partial charge on any atom is 0.309 e. The van der Waals surface area contributed by atoms with E-state index in [2.05, 4.69) is 5.32 Å². The lowest BCUT2D eigenvalue weighted by atomic mass is 9.96. The summed E-state index contributed by atoms with van der Waals surface area (Å²) in [6, 6.07) is 11.8. The second-order valence-corrected chi connectivity index (χ2v) is 12.2. The number of amides is 2. The van der Waals surface area contributed by atoms with Gasteiger partial charge in [0.25, 0.3) is 5.91 Å². The monoisotopic (exact) mass is 575 g/mol. The SMILES string of the molecule is CCOC(=O)C1CCN(C(=O)c2cccc(CN(C3CCCCNC3=O)S(=O)(=O)c3ccc(Cl)cc3)c2)CC1. The first-order chi connectivity index (χ1) is 18.7. The van der Waals surface area contributed by atoms with Gasteiger partial charge in [0.1, 0.15) is 6.04 Å². The number of hydrogen-bond acceptors (Lipinski definition) is 6. The molecule has 0 bridgehead atoms. The first-order valence-corrected chi connectivity index (χ1v) is 15.1. The molecule has 0 saturated carbocycles. The number of carbonyl (C=O) groups is 3. The molecule has 11 heteroatoms. The number of halogens is 1. The van der Waals surface area contributed by atoms with Crippen molar-refractivity contribution < 1.29 is 27.5 Å². The van der Waals surface area contributed by atoms with Crippen molar-refractivity contribution >= 4 is 39.4 Å². The molecule has 2 aromatic rings. The van der Waals surface area contributed by atoms with Gasteiger partial charge in [0.05, 0.1) is 17.4 Å². The zero-order valence-corrected chi connectivity index (χ0v) is 23.5. The predicted octanol–water partition coefficient (Wildman–Crippen LogP) is 3.61. The van der Waals surface area contributed by atoms with Crippen LogP contribution < -0.4 is 5.32 Å². The minimum absolute atomic E-state index is 0.0423. The summed E-state index contributed by atoms with van der Waals surface area (Å²) in [5.41, 5.74) is 1.02. The number of sulfonamides is 1. The molecule has 2 saturated heterocycles. The van der Waals surface area contributed by atoms with Gasteiger partial charge in [-0.3, -0.25) is 14.4 Å². The molecule has 39 heavy (non-hydrogen) atoms. The summed E-state index contributed by atoms with van der Waals surface area (Å²) in [7, 11) is -4.06. The molecule has 2 amide bonds. The van der Waals surface area contributed by atoms with E-state index >= 15 is 0 Å². The van der Waals surface area contributed by atoms with E-state index < -0.39 is 16.1 Å². The number of nitrogens with one attached hydrogen (secondary N) is 1. The Balaban J connectivity index is 1.56. The van der Waals surface area contributed by atoms with Crippen molar-refractivity contribution in [2.45, 2.75) is 56.5 Å². The standard InChI is InChI=1S/C28H34ClN3O6S/c1-2-38-28(35)21-13-16-31(17-14-21)27(34)22-7-5-6-20(18-22)19-32(25-8-3-4-15-30-26(25)33)39(36,37)24-11-9-23(29)10-12-24/h5-7,9-12,18,21,25H,2-4,8,13-17,19H2,1H3,(H,30,33). The Bertz CT molecular complexity index is 1290. The van der Waals surface area contributed by atoms with Gasteiger partial charge in [-0.15, -0.1) is 0 Å². The highest BCUT2D eigenvalue weighted by Crippen LogP contribution is 2.27. The molecule has 1 atom stereocenters. The summed E-state index contributed by atoms with van der Waals surface area (Å²) in [5, 5.41) is 3.23. The molecule has 2 fully saturated rings. The van der Waals surface area contributed by atoms with E-state index in [-0.39, 0.29) is 35.1 Å². The average molecular weight is 576 g/mol. The smallest absolute Gasteiger partial charge is 0.309 e. The fraction of sp³-hybridized carbons (Fsp3) is 0.464. The van der Waals surface area contributed by atoms with Crippen molar-refractivity contribution in [1.29, 1.82) is 0 Å². The Morgan fingerprint density at radius 1 is 1.08 bits per heavy atom. The number of nitrogens with zero attached hydrogens (tertiary/aromatic N) is 2. The van der Waals surface area contributed by atoms with Crippen LogP contribution in [0.5, 0.6) is 0 Å². The third-order valence-corrected chi connectivity index (χ3v) is 9.31. The molecule has 0 radical (unpaired) electrons. The molecule has 210 valence electrons. The zero-order chi connectivity index (χ0) is 28.0. The molecule has 4 rings (SSSR count). The average Bonchev–Trinajstić information content (AvgIpc) is 3.15. The van der Waals surface area contributed by atoms with Crippen molar-refractivity contribution in [1.82, 2.24) is 14.5 Å². The fourth-order valence-corrected chi connectivity index (χ4v) is 6.78. The highest BCUT2D eigenvalue weighted by Gasteiger charge is 2.37. The predicted molar refractivity (Wildman–Crippen MR) is 147 cm³/mol. The fourth-order valence-electron chi connectivity index (χ4n) is 5.05. The van der Waals surface area contributed by atoms with Crippen molar-refractivity contribution in [3.8, 4) is 0 Å². The van der Waals surface area contributed by atoms with Gasteiger partial charge in [-0.1, -0.05) is 23.7 Å². The van der Waals surface area contributed by atoms with Gasteiger partial charge < -0.3 is 15.0 Å². The Morgan fingerprint density at radius 3 is 2.49 bits per heavy atom. The van der Waals surface area contributed by atoms with Crippen LogP contribution in [0.25, 0.3) is 0 Å². The van der Waals surface area contributed by atoms with Crippen LogP contribution >= 0.6 is 11.6 Å². The quantitative estimate of drug-likeness (QED) is 0.481. The van der Waals surface area contributed by atoms with Crippen LogP contribution in [0.15, 0.2) is 53.4 Å². The lowest BCUT2D eigenvalue weighted by Gasteiger charge is -2.31. The summed E-state index contributed by atoms with van der Waals surface area (Å²) in [6.07, 6.45) is 2.94. The van der Waals surface area contributed by atoms with E-state index in [9.17, 15) is 22.8 Å².